The van der Waals surface area contributed by atoms with E-state index in [-0.39, 0.29) is 17.4 Å². The summed E-state index contributed by atoms with van der Waals surface area (Å²) in [6.45, 7) is 0. The number of nitrogens with one attached hydrogen (secondary N) is 3. The summed E-state index contributed by atoms with van der Waals surface area (Å²) >= 11 is 6.82. The molecule has 0 saturated carbocycles. The van der Waals surface area contributed by atoms with Crippen LogP contribution in [0.3, 0.4) is 0 Å². The second-order valence-electron chi connectivity index (χ2n) is 5.58. The van der Waals surface area contributed by atoms with Gasteiger partial charge >= 0.3 is 6.03 Å². The number of carbonyl (C=O) groups is 2. The van der Waals surface area contributed by atoms with E-state index >= 15 is 0 Å². The predicted octanol–water partition coefficient (Wildman–Crippen LogP) is 4.90. The molecule has 0 atom stereocenters. The first-order chi connectivity index (χ1) is 13.4. The number of urea groups is 1. The van der Waals surface area contributed by atoms with Crippen LogP contribution in [0.25, 0.3) is 0 Å². The minimum atomic E-state index is -0.575. The molecule has 0 aliphatic heterocycles. The quantitative estimate of drug-likeness (QED) is 0.547. The van der Waals surface area contributed by atoms with Crippen molar-refractivity contribution in [1.29, 1.82) is 0 Å². The van der Waals surface area contributed by atoms with Gasteiger partial charge in [0.25, 0.3) is 0 Å². The molecule has 3 aromatic rings. The first kappa shape index (κ1) is 19.7. The Kier molecular flexibility index (Phi) is 6.17. The maximum Gasteiger partial charge on any atom is 0.325 e. The van der Waals surface area contributed by atoms with E-state index in [9.17, 15) is 18.4 Å². The molecular formula is C18H13ClF2N4O2S. The van der Waals surface area contributed by atoms with E-state index in [0.717, 1.165) is 17.4 Å². The van der Waals surface area contributed by atoms with E-state index in [1.165, 1.54) is 36.4 Å². The van der Waals surface area contributed by atoms with Crippen LogP contribution in [0.4, 0.5) is 30.1 Å². The summed E-state index contributed by atoms with van der Waals surface area (Å²) in [7, 11) is 0. The van der Waals surface area contributed by atoms with E-state index in [2.05, 4.69) is 20.9 Å². The highest BCUT2D eigenvalue weighted by Gasteiger charge is 2.11. The van der Waals surface area contributed by atoms with E-state index in [0.29, 0.717) is 22.2 Å². The summed E-state index contributed by atoms with van der Waals surface area (Å²) in [6.07, 6.45) is -0.0350. The first-order valence-electron chi connectivity index (χ1n) is 7.92. The standard InChI is InChI=1S/C18H13ClF2N4O2S/c19-14-7-12(5-6-15(14)21)22-16(26)8-13-9-28-18(24-13)25-17(27)23-11-3-1-10(20)2-4-11/h1-7,9H,8H2,(H,22,26)(H2,23,24,25,27). The third-order valence-corrected chi connectivity index (χ3v) is 4.52. The van der Waals surface area contributed by atoms with Crippen LogP contribution in [0.1, 0.15) is 5.69 Å². The maximum atomic E-state index is 13.1. The molecule has 0 unspecified atom stereocenters. The number of thiazole rings is 1. The first-order valence-corrected chi connectivity index (χ1v) is 9.18. The van der Waals surface area contributed by atoms with Gasteiger partial charge in [0.1, 0.15) is 11.6 Å². The van der Waals surface area contributed by atoms with Gasteiger partial charge in [-0.25, -0.2) is 18.6 Å². The average molecular weight is 423 g/mol. The normalized spacial score (nSPS) is 10.4. The lowest BCUT2D eigenvalue weighted by Gasteiger charge is -2.05. The number of rotatable bonds is 5. The molecule has 0 spiro atoms. The molecule has 1 heterocycles. The van der Waals surface area contributed by atoms with Gasteiger partial charge in [0.2, 0.25) is 5.91 Å². The molecule has 2 aromatic carbocycles. The number of carbonyl (C=O) groups excluding carboxylic acids is 2. The summed E-state index contributed by atoms with van der Waals surface area (Å²) in [4.78, 5) is 28.2. The zero-order chi connectivity index (χ0) is 20.1. The summed E-state index contributed by atoms with van der Waals surface area (Å²) < 4.78 is 26.0. The summed E-state index contributed by atoms with van der Waals surface area (Å²) in [5.41, 5.74) is 1.24. The van der Waals surface area contributed by atoms with Crippen LogP contribution in [0, 0.1) is 11.6 Å². The number of halogens is 3. The number of anilines is 3. The fraction of sp³-hybridized carbons (Fsp3) is 0.0556. The van der Waals surface area contributed by atoms with Crippen LogP contribution in [0.5, 0.6) is 0 Å². The van der Waals surface area contributed by atoms with Crippen molar-refractivity contribution in [3.05, 3.63) is 70.2 Å². The molecule has 3 rings (SSSR count). The van der Waals surface area contributed by atoms with Gasteiger partial charge in [0, 0.05) is 16.8 Å². The Morgan fingerprint density at radius 2 is 1.71 bits per heavy atom. The summed E-state index contributed by atoms with van der Waals surface area (Å²) in [5.74, 6) is -1.35. The molecule has 0 saturated heterocycles. The topological polar surface area (TPSA) is 83.1 Å². The zero-order valence-corrected chi connectivity index (χ0v) is 15.7. The smallest absolute Gasteiger partial charge is 0.325 e. The van der Waals surface area contributed by atoms with Crippen molar-refractivity contribution < 1.29 is 18.4 Å². The van der Waals surface area contributed by atoms with Crippen molar-refractivity contribution in [3.8, 4) is 0 Å². The van der Waals surface area contributed by atoms with E-state index < -0.39 is 17.7 Å². The molecule has 28 heavy (non-hydrogen) atoms. The third kappa shape index (κ3) is 5.48. The van der Waals surface area contributed by atoms with Crippen LogP contribution in [0.2, 0.25) is 5.02 Å². The minimum absolute atomic E-state index is 0.0350. The maximum absolute atomic E-state index is 13.1. The molecule has 3 amide bonds. The van der Waals surface area contributed by atoms with Crippen molar-refractivity contribution in [1.82, 2.24) is 4.98 Å². The Morgan fingerprint density at radius 1 is 1.00 bits per heavy atom. The Balaban J connectivity index is 1.53. The van der Waals surface area contributed by atoms with Crippen LogP contribution in [0.15, 0.2) is 47.8 Å². The van der Waals surface area contributed by atoms with Crippen molar-refractivity contribution in [3.63, 3.8) is 0 Å². The lowest BCUT2D eigenvalue weighted by molar-refractivity contribution is -0.115. The van der Waals surface area contributed by atoms with Gasteiger partial charge in [0.15, 0.2) is 5.13 Å². The highest BCUT2D eigenvalue weighted by molar-refractivity contribution is 7.14. The van der Waals surface area contributed by atoms with Gasteiger partial charge in [-0.05, 0) is 42.5 Å². The lowest BCUT2D eigenvalue weighted by atomic mass is 10.2. The number of aromatic nitrogens is 1. The second kappa shape index (κ2) is 8.77. The summed E-state index contributed by atoms with van der Waals surface area (Å²) in [6, 6.07) is 8.62. The lowest BCUT2D eigenvalue weighted by Crippen LogP contribution is -2.19. The molecule has 0 bridgehead atoms. The molecule has 144 valence electrons. The predicted molar refractivity (Wildman–Crippen MR) is 105 cm³/mol. The van der Waals surface area contributed by atoms with Crippen LogP contribution < -0.4 is 16.0 Å². The number of hydrogen-bond acceptors (Lipinski definition) is 4. The van der Waals surface area contributed by atoms with Gasteiger partial charge < -0.3 is 10.6 Å². The number of benzene rings is 2. The fourth-order valence-electron chi connectivity index (χ4n) is 2.18. The zero-order valence-electron chi connectivity index (χ0n) is 14.1. The molecule has 10 heteroatoms. The number of nitrogens with zero attached hydrogens (tertiary/aromatic N) is 1. The van der Waals surface area contributed by atoms with Crippen molar-refractivity contribution in [2.24, 2.45) is 0 Å². The Hall–Kier alpha value is -3.04. The van der Waals surface area contributed by atoms with Gasteiger partial charge in [0.05, 0.1) is 17.1 Å². The van der Waals surface area contributed by atoms with Crippen LogP contribution in [-0.4, -0.2) is 16.9 Å². The molecule has 3 N–H and O–H groups in total. The van der Waals surface area contributed by atoms with E-state index in [1.807, 2.05) is 0 Å². The number of amides is 3. The van der Waals surface area contributed by atoms with Crippen molar-refractivity contribution in [2.75, 3.05) is 16.0 Å². The summed E-state index contributed by atoms with van der Waals surface area (Å²) in [5, 5.41) is 9.50. The van der Waals surface area contributed by atoms with Gasteiger partial charge in [-0.3, -0.25) is 10.1 Å². The molecule has 0 aliphatic rings. The van der Waals surface area contributed by atoms with Crippen LogP contribution in [-0.2, 0) is 11.2 Å². The third-order valence-electron chi connectivity index (χ3n) is 3.42. The number of hydrogen-bond donors (Lipinski definition) is 3. The van der Waals surface area contributed by atoms with Crippen LogP contribution >= 0.6 is 22.9 Å². The Morgan fingerprint density at radius 3 is 2.43 bits per heavy atom. The molecule has 0 radical (unpaired) electrons. The molecule has 6 nitrogen and oxygen atoms in total. The van der Waals surface area contributed by atoms with Crippen molar-refractivity contribution >= 4 is 51.4 Å². The molecular weight excluding hydrogens is 410 g/mol. The Labute approximate surface area is 167 Å². The average Bonchev–Trinajstić information content (AvgIpc) is 3.06. The van der Waals surface area contributed by atoms with Gasteiger partial charge in [-0.2, -0.15) is 0 Å². The monoisotopic (exact) mass is 422 g/mol. The molecule has 0 aliphatic carbocycles. The van der Waals surface area contributed by atoms with Gasteiger partial charge in [-0.1, -0.05) is 11.6 Å². The highest BCUT2D eigenvalue weighted by atomic mass is 35.5. The minimum Gasteiger partial charge on any atom is -0.326 e. The van der Waals surface area contributed by atoms with Gasteiger partial charge in [-0.15, -0.1) is 11.3 Å². The fourth-order valence-corrected chi connectivity index (χ4v) is 3.07. The highest BCUT2D eigenvalue weighted by Crippen LogP contribution is 2.20. The molecule has 1 aromatic heterocycles. The SMILES string of the molecule is O=C(Cc1csc(NC(=O)Nc2ccc(F)cc2)n1)Nc1ccc(F)c(Cl)c1. The largest absolute Gasteiger partial charge is 0.326 e. The van der Waals surface area contributed by atoms with E-state index in [4.69, 9.17) is 11.6 Å². The molecule has 0 fully saturated rings. The Bertz CT molecular complexity index is 1010. The van der Waals surface area contributed by atoms with Crippen molar-refractivity contribution in [2.45, 2.75) is 6.42 Å². The second-order valence-corrected chi connectivity index (χ2v) is 6.85. The van der Waals surface area contributed by atoms with E-state index in [1.54, 1.807) is 5.38 Å².